The molecule has 1 aliphatic heterocycles. The Balaban J connectivity index is 1.27. The van der Waals surface area contributed by atoms with E-state index in [1.165, 1.54) is 11.3 Å². The molecule has 4 heterocycles. The molecule has 178 valence electrons. The lowest BCUT2D eigenvalue weighted by molar-refractivity contribution is 0.0962. The van der Waals surface area contributed by atoms with Crippen molar-refractivity contribution in [2.24, 2.45) is 0 Å². The zero-order chi connectivity index (χ0) is 24.2. The van der Waals surface area contributed by atoms with Crippen molar-refractivity contribution in [3.63, 3.8) is 0 Å². The van der Waals surface area contributed by atoms with Crippen molar-refractivity contribution in [1.29, 1.82) is 0 Å². The number of carbonyl (C=O) groups excluding carboxylic acids is 2. The van der Waals surface area contributed by atoms with Gasteiger partial charge in [0.15, 0.2) is 5.13 Å². The largest absolute Gasteiger partial charge is 0.363 e. The molecule has 1 fully saturated rings. The highest BCUT2D eigenvalue weighted by Gasteiger charge is 2.28. The van der Waals surface area contributed by atoms with Gasteiger partial charge in [-0.2, -0.15) is 0 Å². The predicted octanol–water partition coefficient (Wildman–Crippen LogP) is 4.34. The van der Waals surface area contributed by atoms with Gasteiger partial charge < -0.3 is 14.8 Å². The van der Waals surface area contributed by atoms with E-state index in [1.54, 1.807) is 19.4 Å². The summed E-state index contributed by atoms with van der Waals surface area (Å²) in [6.45, 7) is 1.52. The highest BCUT2D eigenvalue weighted by atomic mass is 32.1. The first-order valence-corrected chi connectivity index (χ1v) is 12.4. The van der Waals surface area contributed by atoms with Gasteiger partial charge in [-0.25, -0.2) is 4.98 Å². The molecular formula is C26H26N6O2S. The van der Waals surface area contributed by atoms with Crippen LogP contribution >= 0.6 is 11.3 Å². The first kappa shape index (κ1) is 22.8. The van der Waals surface area contributed by atoms with E-state index < -0.39 is 0 Å². The van der Waals surface area contributed by atoms with Gasteiger partial charge in [0.1, 0.15) is 5.69 Å². The second-order valence-corrected chi connectivity index (χ2v) is 9.24. The Kier molecular flexibility index (Phi) is 6.58. The van der Waals surface area contributed by atoms with Crippen molar-refractivity contribution in [3.8, 4) is 0 Å². The average molecular weight is 487 g/mol. The molecular weight excluding hydrogens is 460 g/mol. The number of rotatable bonds is 7. The van der Waals surface area contributed by atoms with Gasteiger partial charge in [-0.3, -0.25) is 19.9 Å². The highest BCUT2D eigenvalue weighted by Crippen LogP contribution is 2.37. The fourth-order valence-corrected chi connectivity index (χ4v) is 5.18. The van der Waals surface area contributed by atoms with Crippen LogP contribution in [0.15, 0.2) is 72.5 Å². The van der Waals surface area contributed by atoms with E-state index in [4.69, 9.17) is 4.98 Å². The van der Waals surface area contributed by atoms with Crippen LogP contribution < -0.4 is 15.5 Å². The summed E-state index contributed by atoms with van der Waals surface area (Å²) in [4.78, 5) is 36.0. The topological polar surface area (TPSA) is 92.2 Å². The van der Waals surface area contributed by atoms with Gasteiger partial charge in [0.2, 0.25) is 0 Å². The Morgan fingerprint density at radius 1 is 1.09 bits per heavy atom. The van der Waals surface area contributed by atoms with Gasteiger partial charge in [-0.15, -0.1) is 11.3 Å². The summed E-state index contributed by atoms with van der Waals surface area (Å²) < 4.78 is 1.92. The van der Waals surface area contributed by atoms with Gasteiger partial charge in [0, 0.05) is 55.4 Å². The quantitative estimate of drug-likeness (QED) is 0.405. The van der Waals surface area contributed by atoms with Gasteiger partial charge in [-0.05, 0) is 66.9 Å². The zero-order valence-corrected chi connectivity index (χ0v) is 20.2. The molecule has 5 rings (SSSR count). The summed E-state index contributed by atoms with van der Waals surface area (Å²) in [5.74, 6) is -0.278. The van der Waals surface area contributed by atoms with E-state index >= 15 is 0 Å². The molecule has 9 heteroatoms. The van der Waals surface area contributed by atoms with Crippen molar-refractivity contribution in [2.75, 3.05) is 23.8 Å². The van der Waals surface area contributed by atoms with Crippen molar-refractivity contribution < 1.29 is 9.59 Å². The summed E-state index contributed by atoms with van der Waals surface area (Å²) in [5.41, 5.74) is 4.31. The standard InChI is InChI=1S/C26H26N6O2S/c1-27-24(33)19-6-8-20(9-7-19)32-15-3-4-22(32)21-17-35-26(29-21)30-25(34)23-5-2-14-31(23)16-18-10-12-28-13-11-18/h2,5-14,17,22H,3-4,15-16H2,1H3,(H,27,33)(H,29,30,34). The maximum Gasteiger partial charge on any atom is 0.274 e. The molecule has 1 aliphatic rings. The molecule has 0 bridgehead atoms. The van der Waals surface area contributed by atoms with Gasteiger partial charge in [0.25, 0.3) is 11.8 Å². The molecule has 0 radical (unpaired) electrons. The van der Waals surface area contributed by atoms with Crippen LogP contribution in [0.2, 0.25) is 0 Å². The Morgan fingerprint density at radius 3 is 2.66 bits per heavy atom. The number of aromatic nitrogens is 3. The lowest BCUT2D eigenvalue weighted by Gasteiger charge is -2.25. The number of thiazole rings is 1. The maximum atomic E-state index is 13.0. The predicted molar refractivity (Wildman–Crippen MR) is 137 cm³/mol. The molecule has 0 aliphatic carbocycles. The molecule has 1 atom stereocenters. The number of pyridine rings is 1. The lowest BCUT2D eigenvalue weighted by atomic mass is 10.1. The number of hydrogen-bond acceptors (Lipinski definition) is 6. The number of carbonyl (C=O) groups is 2. The third-order valence-electron chi connectivity index (χ3n) is 6.19. The van der Waals surface area contributed by atoms with Crippen LogP contribution in [0.1, 0.15) is 51.0 Å². The summed E-state index contributed by atoms with van der Waals surface area (Å²) >= 11 is 1.44. The maximum absolute atomic E-state index is 13.0. The Bertz CT molecular complexity index is 1320. The van der Waals surface area contributed by atoms with Crippen LogP contribution in [0.25, 0.3) is 0 Å². The Labute approximate surface area is 207 Å². The SMILES string of the molecule is CNC(=O)c1ccc(N2CCCC2c2csc(NC(=O)c3cccn3Cc3ccncc3)n2)cc1. The van der Waals surface area contributed by atoms with Crippen molar-refractivity contribution in [2.45, 2.75) is 25.4 Å². The zero-order valence-electron chi connectivity index (χ0n) is 19.3. The molecule has 1 saturated heterocycles. The summed E-state index contributed by atoms with van der Waals surface area (Å²) in [6.07, 6.45) is 7.44. The van der Waals surface area contributed by atoms with E-state index in [9.17, 15) is 9.59 Å². The number of hydrogen-bond donors (Lipinski definition) is 2. The minimum atomic E-state index is -0.182. The summed E-state index contributed by atoms with van der Waals surface area (Å²) in [6, 6.07) is 15.3. The van der Waals surface area contributed by atoms with Crippen LogP contribution in [0.3, 0.4) is 0 Å². The average Bonchev–Trinajstić information content (AvgIpc) is 3.65. The first-order valence-electron chi connectivity index (χ1n) is 11.5. The van der Waals surface area contributed by atoms with Crippen molar-refractivity contribution in [3.05, 3.63) is 95.0 Å². The first-order chi connectivity index (χ1) is 17.1. The van der Waals surface area contributed by atoms with Gasteiger partial charge in [0.05, 0.1) is 11.7 Å². The molecule has 0 saturated carbocycles. The fourth-order valence-electron chi connectivity index (χ4n) is 4.43. The van der Waals surface area contributed by atoms with E-state index in [-0.39, 0.29) is 17.9 Å². The molecule has 2 amide bonds. The Hall–Kier alpha value is -3.98. The number of amides is 2. The van der Waals surface area contributed by atoms with Crippen LogP contribution in [0.4, 0.5) is 10.8 Å². The van der Waals surface area contributed by atoms with E-state index in [0.717, 1.165) is 36.3 Å². The highest BCUT2D eigenvalue weighted by molar-refractivity contribution is 7.14. The molecule has 8 nitrogen and oxygen atoms in total. The van der Waals surface area contributed by atoms with Crippen LogP contribution in [0, 0.1) is 0 Å². The molecule has 3 aromatic heterocycles. The Morgan fingerprint density at radius 2 is 1.89 bits per heavy atom. The summed E-state index contributed by atoms with van der Waals surface area (Å²) in [5, 5.41) is 8.22. The number of benzene rings is 1. The van der Waals surface area contributed by atoms with Crippen LogP contribution in [-0.2, 0) is 6.54 Å². The second-order valence-electron chi connectivity index (χ2n) is 8.39. The molecule has 1 unspecified atom stereocenters. The molecule has 4 aromatic rings. The molecule has 1 aromatic carbocycles. The lowest BCUT2D eigenvalue weighted by Crippen LogP contribution is -2.23. The van der Waals surface area contributed by atoms with E-state index in [1.807, 2.05) is 64.7 Å². The molecule has 0 spiro atoms. The minimum absolute atomic E-state index is 0.0960. The van der Waals surface area contributed by atoms with Gasteiger partial charge in [-0.1, -0.05) is 0 Å². The van der Waals surface area contributed by atoms with Crippen molar-refractivity contribution >= 4 is 34.0 Å². The van der Waals surface area contributed by atoms with Crippen molar-refractivity contribution in [1.82, 2.24) is 19.9 Å². The third kappa shape index (κ3) is 4.95. The smallest absolute Gasteiger partial charge is 0.274 e. The molecule has 2 N–H and O–H groups in total. The normalized spacial score (nSPS) is 15.2. The monoisotopic (exact) mass is 486 g/mol. The number of anilines is 2. The van der Waals surface area contributed by atoms with E-state index in [2.05, 4.69) is 20.5 Å². The van der Waals surface area contributed by atoms with E-state index in [0.29, 0.717) is 22.9 Å². The number of nitrogens with zero attached hydrogens (tertiary/aromatic N) is 4. The molecule has 35 heavy (non-hydrogen) atoms. The number of nitrogens with one attached hydrogen (secondary N) is 2. The fraction of sp³-hybridized carbons (Fsp3) is 0.231. The van der Waals surface area contributed by atoms with Crippen LogP contribution in [0.5, 0.6) is 0 Å². The van der Waals surface area contributed by atoms with Gasteiger partial charge >= 0.3 is 0 Å². The van der Waals surface area contributed by atoms with Crippen LogP contribution in [-0.4, -0.2) is 39.9 Å². The third-order valence-corrected chi connectivity index (χ3v) is 6.97. The summed E-state index contributed by atoms with van der Waals surface area (Å²) in [7, 11) is 1.63. The second kappa shape index (κ2) is 10.1. The minimum Gasteiger partial charge on any atom is -0.363 e.